The molecule has 0 aromatic heterocycles. The van der Waals surface area contributed by atoms with E-state index in [4.69, 9.17) is 66.3 Å². The van der Waals surface area contributed by atoms with Gasteiger partial charge in [0.2, 0.25) is 0 Å². The summed E-state index contributed by atoms with van der Waals surface area (Å²) >= 11 is 1.18. The number of hydrogen-bond donors (Lipinski definition) is 19. The summed E-state index contributed by atoms with van der Waals surface area (Å²) in [4.78, 5) is 0. The Hall–Kier alpha value is -0.970. The second kappa shape index (κ2) is 24.9. The Kier molecular flexibility index (Phi) is 19.5. The van der Waals surface area contributed by atoms with Gasteiger partial charge in [-0.1, -0.05) is 0 Å². The zero-order valence-electron chi connectivity index (χ0n) is 39.8. The number of fused-ring (bicyclic) bond motifs is 1. The van der Waals surface area contributed by atoms with Crippen LogP contribution < -0.4 is 0 Å². The van der Waals surface area contributed by atoms with Crippen molar-refractivity contribution in [2.45, 2.75) is 213 Å². The summed E-state index contributed by atoms with van der Waals surface area (Å²) in [5.74, 6) is 0. The van der Waals surface area contributed by atoms with Crippen LogP contribution in [0.15, 0.2) is 0 Å². The topological polar surface area (TPSA) is 514 Å². The Morgan fingerprint density at radius 2 is 0.368 bits per heavy atom. The molecule has 21 fully saturated rings. The maximum Gasteiger partial charge on any atom is 0.187 e. The summed E-state index contributed by atoms with van der Waals surface area (Å²) in [7, 11) is 0. The number of hydrogen-bond acceptors (Lipinski definition) is 34. The van der Waals surface area contributed by atoms with Crippen molar-refractivity contribution < 1.29 is 163 Å². The SMILES string of the molecule is OC[C@H]1O[C@@H]2O[C@H]3[C@H](O)[C@@H](O)[C@@H](O[C@H]4[C@H](O)[C@@H](O)[C@@H](O[C@H]5[C@@H]6S[C@@H]6[C@@H](O[C@H]6[C@H](O)[C@@H](O)[C@@H](O[C@H]7[C@H](O)[C@@H](O)[C@@H](O[C@H]8[C@H](O)[C@@H](O)[C@@H](O[C@H]1[C@H](O)[C@H]2O)O[C@@H]8CO)O[C@@H]7CO)O[C@@H]6CO)O[C@@H]5CO)O[C@@H]4CO)O[C@@H]3CO. The van der Waals surface area contributed by atoms with Gasteiger partial charge in [0.1, 0.15) is 159 Å². The molecule has 76 heavy (non-hydrogen) atoms. The van der Waals surface area contributed by atoms with E-state index >= 15 is 0 Å². The fraction of sp³-hybridized carbons (Fsp3) is 1.00. The molecule has 0 aromatic carbocycles. The molecule has 0 unspecified atom stereocenters. The third-order valence-electron chi connectivity index (χ3n) is 15.0. The smallest absolute Gasteiger partial charge is 0.187 e. The predicted molar refractivity (Wildman–Crippen MR) is 232 cm³/mol. The molecule has 34 heteroatoms. The van der Waals surface area contributed by atoms with E-state index in [1.165, 1.54) is 11.8 Å². The molecule has 0 spiro atoms. The Morgan fingerprint density at radius 3 is 0.579 bits per heavy atom. The van der Waals surface area contributed by atoms with Crippen molar-refractivity contribution in [1.82, 2.24) is 0 Å². The van der Waals surface area contributed by atoms with Gasteiger partial charge in [-0.25, -0.2) is 0 Å². The third-order valence-corrected chi connectivity index (χ3v) is 16.4. The van der Waals surface area contributed by atoms with Crippen LogP contribution in [0, 0.1) is 0 Å². The first-order valence-electron chi connectivity index (χ1n) is 24.6. The first-order chi connectivity index (χ1) is 36.3. The minimum atomic E-state index is -2.18. The van der Waals surface area contributed by atoms with Crippen LogP contribution in [-0.4, -0.2) is 357 Å². The normalized spacial score (nSPS) is 56.3. The molecular weight excluding hydrogens is 1060 g/mol. The van der Waals surface area contributed by atoms with E-state index in [1.54, 1.807) is 0 Å². The van der Waals surface area contributed by atoms with Gasteiger partial charge in [-0.15, -0.1) is 11.8 Å². The van der Waals surface area contributed by atoms with Gasteiger partial charge in [-0.3, -0.25) is 0 Å². The van der Waals surface area contributed by atoms with Crippen LogP contribution >= 0.6 is 11.8 Å². The molecule has 0 radical (unpaired) electrons. The molecule has 440 valence electrons. The highest BCUT2D eigenvalue weighted by Gasteiger charge is 2.63. The molecular formula is C42H68O33S. The minimum Gasteiger partial charge on any atom is -0.394 e. The standard InChI is InChI=1S/C42H68O33S/c43-1-8-27-15(50)22(57)37(63-8)71-29-10(3-45)65-39(24(59)17(29)52)73-31-12(5-47)67-41(26(61)19(31)54)75-33-14(7-49)68-42(35-34(33)76-35)74-32-13(6-48)66-40(25(60)20(32)55)72-30-11(4-46)64-38(23(58)18(30)53)70-28-9(2-44)62-36(69-27)21(56)16(28)51/h8-61H,1-7H2/t8-,9-,10-,11-,12-,13-,14-,15-,16-,17-,18-,19-,20-,21-,22-,23-,24-,25-,26-,27-,28-,29-,30-,31-,32-,33-,34+,35+,36-,37-,38-,39-,40-,41-,42-/m1/s1. The maximum absolute atomic E-state index is 11.4. The monoisotopic (exact) mass is 1130 g/mol. The number of thioether (sulfide) groups is 1. The van der Waals surface area contributed by atoms with Gasteiger partial charge in [-0.2, -0.15) is 0 Å². The molecule has 33 nitrogen and oxygen atoms in total. The molecule has 19 N–H and O–H groups in total. The van der Waals surface area contributed by atoms with Crippen LogP contribution in [0.1, 0.15) is 0 Å². The van der Waals surface area contributed by atoms with Crippen molar-refractivity contribution >= 4 is 11.8 Å². The van der Waals surface area contributed by atoms with Gasteiger partial charge in [0.05, 0.1) is 56.7 Å². The minimum absolute atomic E-state index is 0.605. The molecule has 21 saturated heterocycles. The molecule has 21 rings (SSSR count). The Balaban J connectivity index is 0.984. The molecule has 21 aliphatic rings. The van der Waals surface area contributed by atoms with Crippen LogP contribution in [0.25, 0.3) is 0 Å². The first kappa shape index (κ1) is 59.6. The molecule has 0 aromatic rings. The van der Waals surface area contributed by atoms with Crippen molar-refractivity contribution in [3.05, 3.63) is 0 Å². The van der Waals surface area contributed by atoms with E-state index in [-0.39, 0.29) is 0 Å². The summed E-state index contributed by atoms with van der Waals surface area (Å²) in [6.07, 6.45) is -61.0. The average molecular weight is 1130 g/mol. The first-order valence-corrected chi connectivity index (χ1v) is 25.5. The quantitative estimate of drug-likeness (QED) is 0.105. The van der Waals surface area contributed by atoms with Crippen molar-refractivity contribution in [1.29, 1.82) is 0 Å². The zero-order valence-corrected chi connectivity index (χ0v) is 40.6. The van der Waals surface area contributed by atoms with Gasteiger partial charge < -0.3 is 163 Å². The van der Waals surface area contributed by atoms with E-state index in [2.05, 4.69) is 0 Å². The summed E-state index contributed by atoms with van der Waals surface area (Å²) in [5.41, 5.74) is 0. The van der Waals surface area contributed by atoms with Crippen molar-refractivity contribution in [3.8, 4) is 0 Å². The number of rotatable bonds is 7. The lowest BCUT2D eigenvalue weighted by molar-refractivity contribution is -0.396. The molecule has 0 aliphatic carbocycles. The second-order valence-corrected chi connectivity index (χ2v) is 21.1. The highest BCUT2D eigenvalue weighted by atomic mass is 32.2. The fourth-order valence-electron chi connectivity index (χ4n) is 10.7. The maximum atomic E-state index is 11.4. The van der Waals surface area contributed by atoms with Gasteiger partial charge in [0, 0.05) is 0 Å². The Bertz CT molecular complexity index is 1850. The van der Waals surface area contributed by atoms with Gasteiger partial charge in [-0.05, 0) is 0 Å². The molecule has 21 aliphatic heterocycles. The van der Waals surface area contributed by atoms with E-state index in [1.807, 2.05) is 0 Å². The van der Waals surface area contributed by atoms with E-state index in [0.717, 1.165) is 0 Å². The summed E-state index contributed by atoms with van der Waals surface area (Å²) in [6, 6.07) is 0. The van der Waals surface area contributed by atoms with Crippen molar-refractivity contribution in [3.63, 3.8) is 0 Å². The lowest BCUT2D eigenvalue weighted by Gasteiger charge is -2.50. The molecule has 0 amide bonds. The van der Waals surface area contributed by atoms with E-state index in [0.29, 0.717) is 0 Å². The number of ether oxygens (including phenoxy) is 14. The van der Waals surface area contributed by atoms with Crippen LogP contribution in [0.2, 0.25) is 0 Å². The Morgan fingerprint density at radius 1 is 0.197 bits per heavy atom. The molecule has 35 atom stereocenters. The summed E-state index contributed by atoms with van der Waals surface area (Å²) in [6.45, 7) is -6.60. The predicted octanol–water partition coefficient (Wildman–Crippen LogP) is -13.5. The van der Waals surface area contributed by atoms with Crippen LogP contribution in [0.5, 0.6) is 0 Å². The average Bonchev–Trinajstić information content (AvgIpc) is 4.28. The third kappa shape index (κ3) is 11.3. The largest absolute Gasteiger partial charge is 0.394 e. The highest BCUT2D eigenvalue weighted by Crippen LogP contribution is 2.54. The van der Waals surface area contributed by atoms with Gasteiger partial charge >= 0.3 is 0 Å². The molecule has 0 saturated carbocycles. The second-order valence-electron chi connectivity index (χ2n) is 19.7. The zero-order chi connectivity index (χ0) is 54.8. The van der Waals surface area contributed by atoms with E-state index < -0.39 is 259 Å². The van der Waals surface area contributed by atoms with Crippen LogP contribution in [-0.2, 0) is 66.3 Å². The van der Waals surface area contributed by atoms with Crippen LogP contribution in [0.3, 0.4) is 0 Å². The van der Waals surface area contributed by atoms with Gasteiger partial charge in [0.25, 0.3) is 0 Å². The lowest BCUT2D eigenvalue weighted by atomic mass is 9.95. The van der Waals surface area contributed by atoms with E-state index in [9.17, 15) is 97.0 Å². The molecule has 21 heterocycles. The Labute approximate surface area is 433 Å². The van der Waals surface area contributed by atoms with Crippen molar-refractivity contribution in [2.24, 2.45) is 0 Å². The van der Waals surface area contributed by atoms with Gasteiger partial charge in [0.15, 0.2) is 44.0 Å². The van der Waals surface area contributed by atoms with Crippen LogP contribution in [0.4, 0.5) is 0 Å². The number of aliphatic hydroxyl groups is 19. The van der Waals surface area contributed by atoms with Crippen molar-refractivity contribution in [2.75, 3.05) is 46.2 Å². The summed E-state index contributed by atoms with van der Waals surface area (Å²) < 4.78 is 81.2. The highest BCUT2D eigenvalue weighted by molar-refractivity contribution is 8.07. The summed E-state index contributed by atoms with van der Waals surface area (Å²) in [5, 5.41) is 207. The number of aliphatic hydroxyl groups excluding tert-OH is 19. The lowest BCUT2D eigenvalue weighted by Crippen LogP contribution is -2.68. The fourth-order valence-corrected chi connectivity index (χ4v) is 11.9. The molecule has 14 bridgehead atoms.